The molecule has 0 aromatic carbocycles. The quantitative estimate of drug-likeness (QED) is 0.829. The van der Waals surface area contributed by atoms with Gasteiger partial charge in [-0.15, -0.1) is 0 Å². The largest absolute Gasteiger partial charge is 0.394 e. The van der Waals surface area contributed by atoms with E-state index in [1.54, 1.807) is 6.20 Å². The van der Waals surface area contributed by atoms with Gasteiger partial charge in [0, 0.05) is 24.8 Å². The zero-order valence-electron chi connectivity index (χ0n) is 15.8. The van der Waals surface area contributed by atoms with Crippen molar-refractivity contribution in [1.29, 1.82) is 5.26 Å². The summed E-state index contributed by atoms with van der Waals surface area (Å²) in [5.41, 5.74) is 0.0532. The van der Waals surface area contributed by atoms with Gasteiger partial charge in [-0.05, 0) is 51.8 Å². The van der Waals surface area contributed by atoms with Gasteiger partial charge in [0.25, 0.3) is 0 Å². The van der Waals surface area contributed by atoms with Crippen molar-refractivity contribution in [2.75, 3.05) is 33.4 Å². The molecule has 1 saturated heterocycles. The maximum absolute atomic E-state index is 10.0. The number of hydrogen-bond donors (Lipinski definition) is 2. The molecule has 2 fully saturated rings. The Bertz CT molecular complexity index is 624. The third-order valence-corrected chi connectivity index (χ3v) is 6.36. The molecular weight excluding hydrogens is 328 g/mol. The van der Waals surface area contributed by atoms with E-state index in [4.69, 9.17) is 4.74 Å². The number of pyridine rings is 1. The van der Waals surface area contributed by atoms with E-state index in [0.717, 1.165) is 31.4 Å². The van der Waals surface area contributed by atoms with Crippen molar-refractivity contribution >= 4 is 0 Å². The summed E-state index contributed by atoms with van der Waals surface area (Å²) in [6, 6.07) is 8.99. The van der Waals surface area contributed by atoms with E-state index in [2.05, 4.69) is 35.2 Å². The average molecular weight is 358 g/mol. The second kappa shape index (κ2) is 8.01. The summed E-state index contributed by atoms with van der Waals surface area (Å²) in [6.07, 6.45) is 5.27. The molecule has 0 unspecified atom stereocenters. The molecule has 3 rings (SSSR count). The first-order valence-electron chi connectivity index (χ1n) is 9.53. The van der Waals surface area contributed by atoms with E-state index in [9.17, 15) is 10.4 Å². The Hall–Kier alpha value is -1.52. The van der Waals surface area contributed by atoms with E-state index in [1.165, 1.54) is 0 Å². The number of aliphatic hydroxyl groups excluding tert-OH is 1. The van der Waals surface area contributed by atoms with Crippen LogP contribution < -0.4 is 5.32 Å². The van der Waals surface area contributed by atoms with Crippen molar-refractivity contribution in [2.24, 2.45) is 0 Å². The van der Waals surface area contributed by atoms with E-state index in [-0.39, 0.29) is 12.1 Å². The molecule has 2 atom stereocenters. The molecule has 0 radical (unpaired) electrons. The van der Waals surface area contributed by atoms with Crippen LogP contribution in [0.3, 0.4) is 0 Å². The second-order valence-corrected chi connectivity index (χ2v) is 7.92. The van der Waals surface area contributed by atoms with Gasteiger partial charge >= 0.3 is 0 Å². The predicted molar refractivity (Wildman–Crippen MR) is 99.6 cm³/mol. The van der Waals surface area contributed by atoms with Crippen molar-refractivity contribution in [3.63, 3.8) is 0 Å². The summed E-state index contributed by atoms with van der Waals surface area (Å²) in [4.78, 5) is 6.67. The van der Waals surface area contributed by atoms with Crippen LogP contribution in [0.1, 0.15) is 38.3 Å². The Labute approximate surface area is 156 Å². The lowest BCUT2D eigenvalue weighted by Crippen LogP contribution is -2.66. The standard InChI is InChI=1S/C20H30N4O2/c1-16-11-26-15-20(14-25,24(16)2)13-23-17-6-8-19(12-21,9-7-17)18-5-3-4-10-22-18/h3-5,10,16-17,23,25H,6-9,11,13-15H2,1-2H3/t16-,17?,19?,20+/m1/s1. The van der Waals surface area contributed by atoms with E-state index >= 15 is 0 Å². The molecule has 1 aliphatic carbocycles. The van der Waals surface area contributed by atoms with Gasteiger partial charge in [0.1, 0.15) is 0 Å². The molecule has 0 bridgehead atoms. The highest BCUT2D eigenvalue weighted by molar-refractivity contribution is 5.27. The number of nitrogens with zero attached hydrogens (tertiary/aromatic N) is 3. The highest BCUT2D eigenvalue weighted by Gasteiger charge is 2.42. The molecule has 26 heavy (non-hydrogen) atoms. The molecule has 1 aromatic heterocycles. The number of nitrogens with one attached hydrogen (secondary N) is 1. The van der Waals surface area contributed by atoms with Gasteiger partial charge < -0.3 is 15.2 Å². The van der Waals surface area contributed by atoms with Gasteiger partial charge in [0.2, 0.25) is 0 Å². The SMILES string of the molecule is C[C@@H]1COC[C@@](CO)(CNC2CCC(C#N)(c3ccccn3)CC2)N1C. The van der Waals surface area contributed by atoms with E-state index in [1.807, 2.05) is 18.2 Å². The van der Waals surface area contributed by atoms with Gasteiger partial charge in [-0.2, -0.15) is 5.26 Å². The normalized spacial score (nSPS) is 35.8. The van der Waals surface area contributed by atoms with Crippen LogP contribution in [0.15, 0.2) is 24.4 Å². The highest BCUT2D eigenvalue weighted by Crippen LogP contribution is 2.38. The lowest BCUT2D eigenvalue weighted by Gasteiger charge is -2.48. The Balaban J connectivity index is 1.59. The van der Waals surface area contributed by atoms with Gasteiger partial charge in [-0.3, -0.25) is 9.88 Å². The maximum Gasteiger partial charge on any atom is 0.0994 e. The number of rotatable bonds is 5. The molecule has 1 aliphatic heterocycles. The fourth-order valence-electron chi connectivity index (χ4n) is 4.21. The summed E-state index contributed by atoms with van der Waals surface area (Å²) in [7, 11) is 2.06. The first-order chi connectivity index (χ1) is 12.6. The molecule has 2 heterocycles. The molecule has 2 N–H and O–H groups in total. The number of morpholine rings is 1. The molecular formula is C20H30N4O2. The molecule has 142 valence electrons. The van der Waals surface area contributed by atoms with Crippen molar-refractivity contribution < 1.29 is 9.84 Å². The van der Waals surface area contributed by atoms with E-state index < -0.39 is 5.41 Å². The minimum atomic E-state index is -0.465. The summed E-state index contributed by atoms with van der Waals surface area (Å²) in [5.74, 6) is 0. The summed E-state index contributed by atoms with van der Waals surface area (Å²) < 4.78 is 5.71. The van der Waals surface area contributed by atoms with Gasteiger partial charge in [-0.25, -0.2) is 0 Å². The molecule has 1 saturated carbocycles. The smallest absolute Gasteiger partial charge is 0.0994 e. The first-order valence-corrected chi connectivity index (χ1v) is 9.53. The summed E-state index contributed by atoms with van der Waals surface area (Å²) in [6.45, 7) is 4.14. The van der Waals surface area contributed by atoms with Crippen molar-refractivity contribution in [2.45, 2.75) is 55.6 Å². The number of aromatic nitrogens is 1. The Morgan fingerprint density at radius 2 is 2.19 bits per heavy atom. The lowest BCUT2D eigenvalue weighted by atomic mass is 9.71. The molecule has 6 nitrogen and oxygen atoms in total. The molecule has 0 amide bonds. The second-order valence-electron chi connectivity index (χ2n) is 7.92. The predicted octanol–water partition coefficient (Wildman–Crippen LogP) is 1.46. The van der Waals surface area contributed by atoms with Crippen LogP contribution in [0, 0.1) is 11.3 Å². The number of hydrogen-bond acceptors (Lipinski definition) is 6. The van der Waals surface area contributed by atoms with Gasteiger partial charge in [-0.1, -0.05) is 6.07 Å². The fourth-order valence-corrected chi connectivity index (χ4v) is 4.21. The van der Waals surface area contributed by atoms with Crippen LogP contribution in [0.5, 0.6) is 0 Å². The van der Waals surface area contributed by atoms with Crippen LogP contribution in [0.25, 0.3) is 0 Å². The first kappa shape index (κ1) is 19.2. The Kier molecular flexibility index (Phi) is 5.93. The van der Waals surface area contributed by atoms with Crippen LogP contribution in [-0.2, 0) is 10.2 Å². The third-order valence-electron chi connectivity index (χ3n) is 6.36. The highest BCUT2D eigenvalue weighted by atomic mass is 16.5. The molecule has 0 spiro atoms. The number of nitriles is 1. The Morgan fingerprint density at radius 1 is 1.42 bits per heavy atom. The zero-order valence-corrected chi connectivity index (χ0v) is 15.8. The summed E-state index contributed by atoms with van der Waals surface area (Å²) in [5, 5.41) is 23.4. The molecule has 6 heteroatoms. The molecule has 2 aliphatic rings. The van der Waals surface area contributed by atoms with Gasteiger partial charge in [0.15, 0.2) is 0 Å². The monoisotopic (exact) mass is 358 g/mol. The topological polar surface area (TPSA) is 81.4 Å². The zero-order chi connectivity index (χ0) is 18.6. The van der Waals surface area contributed by atoms with Crippen molar-refractivity contribution in [1.82, 2.24) is 15.2 Å². The van der Waals surface area contributed by atoms with Crippen LogP contribution in [0.2, 0.25) is 0 Å². The third kappa shape index (κ3) is 3.63. The number of likely N-dealkylation sites (N-methyl/N-ethyl adjacent to an activating group) is 1. The number of ether oxygens (including phenoxy) is 1. The van der Waals surface area contributed by atoms with Crippen LogP contribution in [-0.4, -0.2) is 66.0 Å². The van der Waals surface area contributed by atoms with Crippen LogP contribution >= 0.6 is 0 Å². The Morgan fingerprint density at radius 3 is 2.81 bits per heavy atom. The van der Waals surface area contributed by atoms with Crippen LogP contribution in [0.4, 0.5) is 0 Å². The minimum absolute atomic E-state index is 0.0730. The molecule has 1 aromatic rings. The average Bonchev–Trinajstić information content (AvgIpc) is 2.70. The fraction of sp³-hybridized carbons (Fsp3) is 0.700. The lowest BCUT2D eigenvalue weighted by molar-refractivity contribution is -0.107. The number of aliphatic hydroxyl groups is 1. The van der Waals surface area contributed by atoms with Crippen molar-refractivity contribution in [3.8, 4) is 6.07 Å². The van der Waals surface area contributed by atoms with E-state index in [0.29, 0.717) is 31.8 Å². The minimum Gasteiger partial charge on any atom is -0.394 e. The van der Waals surface area contributed by atoms with Gasteiger partial charge in [0.05, 0.1) is 42.5 Å². The summed E-state index contributed by atoms with van der Waals surface area (Å²) >= 11 is 0. The maximum atomic E-state index is 10.0. The van der Waals surface area contributed by atoms with Crippen molar-refractivity contribution in [3.05, 3.63) is 30.1 Å².